The third-order valence-electron chi connectivity index (χ3n) is 3.70. The van der Waals surface area contributed by atoms with Crippen molar-refractivity contribution in [3.05, 3.63) is 0 Å². The summed E-state index contributed by atoms with van der Waals surface area (Å²) in [7, 11) is -0.671. The second-order valence-electron chi connectivity index (χ2n) is 6.01. The molecule has 108 valence electrons. The van der Waals surface area contributed by atoms with Crippen LogP contribution < -0.4 is 5.32 Å². The molecule has 1 heterocycles. The molecule has 0 amide bonds. The first-order valence-electron chi connectivity index (χ1n) is 6.94. The average molecular weight is 276 g/mol. The highest BCUT2D eigenvalue weighted by Gasteiger charge is 2.24. The Morgan fingerprint density at radius 3 is 2.56 bits per heavy atom. The number of hydrogen-bond donors (Lipinski definition) is 1. The summed E-state index contributed by atoms with van der Waals surface area (Å²) < 4.78 is 23.1. The fourth-order valence-corrected chi connectivity index (χ4v) is 3.99. The van der Waals surface area contributed by atoms with Gasteiger partial charge in [0, 0.05) is 18.6 Å². The molecule has 0 aromatic heterocycles. The van der Waals surface area contributed by atoms with Gasteiger partial charge in [0.05, 0.1) is 11.5 Å². The standard InChI is InChI=1S/C13H28N2O2S/c1-11(2)9-12(3)15(4)7-5-13-10-18(16,17)8-6-14-13/h11-14H,5-10H2,1-4H3. The average Bonchev–Trinajstić information content (AvgIpc) is 2.23. The first-order chi connectivity index (χ1) is 8.30. The van der Waals surface area contributed by atoms with E-state index in [9.17, 15) is 8.42 Å². The van der Waals surface area contributed by atoms with Crippen LogP contribution in [0, 0.1) is 5.92 Å². The quantitative estimate of drug-likeness (QED) is 0.790. The zero-order chi connectivity index (χ0) is 13.8. The Bertz CT molecular complexity index is 341. The zero-order valence-corrected chi connectivity index (χ0v) is 13.0. The summed E-state index contributed by atoms with van der Waals surface area (Å²) in [6.45, 7) is 8.28. The number of nitrogens with zero attached hydrogens (tertiary/aromatic N) is 1. The third kappa shape index (κ3) is 5.67. The summed E-state index contributed by atoms with van der Waals surface area (Å²) in [5.74, 6) is 1.30. The molecule has 2 unspecified atom stereocenters. The smallest absolute Gasteiger partial charge is 0.153 e. The van der Waals surface area contributed by atoms with Crippen LogP contribution in [0.2, 0.25) is 0 Å². The van der Waals surface area contributed by atoms with Gasteiger partial charge in [0.15, 0.2) is 9.84 Å². The van der Waals surface area contributed by atoms with E-state index in [0.29, 0.717) is 30.0 Å². The van der Waals surface area contributed by atoms with Gasteiger partial charge in [-0.3, -0.25) is 0 Å². The Hall–Kier alpha value is -0.130. The van der Waals surface area contributed by atoms with Crippen LogP contribution in [0.25, 0.3) is 0 Å². The lowest BCUT2D eigenvalue weighted by molar-refractivity contribution is 0.218. The van der Waals surface area contributed by atoms with E-state index in [2.05, 4.69) is 38.0 Å². The number of sulfone groups is 1. The van der Waals surface area contributed by atoms with Crippen LogP contribution in [0.15, 0.2) is 0 Å². The van der Waals surface area contributed by atoms with E-state index in [4.69, 9.17) is 0 Å². The predicted molar refractivity (Wildman–Crippen MR) is 76.6 cm³/mol. The summed E-state index contributed by atoms with van der Waals surface area (Å²) >= 11 is 0. The van der Waals surface area contributed by atoms with E-state index in [1.54, 1.807) is 0 Å². The topological polar surface area (TPSA) is 49.4 Å². The Labute approximate surface area is 112 Å². The summed E-state index contributed by atoms with van der Waals surface area (Å²) in [4.78, 5) is 2.34. The van der Waals surface area contributed by atoms with E-state index in [1.807, 2.05) is 0 Å². The van der Waals surface area contributed by atoms with Gasteiger partial charge in [0.1, 0.15) is 0 Å². The number of rotatable bonds is 6. The van der Waals surface area contributed by atoms with Crippen molar-refractivity contribution in [1.82, 2.24) is 10.2 Å². The molecule has 0 aromatic carbocycles. The second-order valence-corrected chi connectivity index (χ2v) is 8.24. The van der Waals surface area contributed by atoms with Crippen LogP contribution in [0.3, 0.4) is 0 Å². The van der Waals surface area contributed by atoms with Gasteiger partial charge in [-0.25, -0.2) is 8.42 Å². The van der Waals surface area contributed by atoms with Gasteiger partial charge in [-0.1, -0.05) is 13.8 Å². The largest absolute Gasteiger partial charge is 0.312 e. The van der Waals surface area contributed by atoms with Crippen molar-refractivity contribution in [1.29, 1.82) is 0 Å². The van der Waals surface area contributed by atoms with E-state index in [-0.39, 0.29) is 6.04 Å². The maximum Gasteiger partial charge on any atom is 0.153 e. The molecule has 1 N–H and O–H groups in total. The van der Waals surface area contributed by atoms with E-state index in [1.165, 1.54) is 6.42 Å². The molecule has 1 fully saturated rings. The Morgan fingerprint density at radius 1 is 1.33 bits per heavy atom. The molecule has 18 heavy (non-hydrogen) atoms. The molecule has 1 aliphatic heterocycles. The highest BCUT2D eigenvalue weighted by atomic mass is 32.2. The molecule has 0 spiro atoms. The molecule has 1 rings (SSSR count). The molecular weight excluding hydrogens is 248 g/mol. The molecule has 0 aliphatic carbocycles. The molecule has 0 aromatic rings. The minimum atomic E-state index is -2.80. The van der Waals surface area contributed by atoms with Crippen molar-refractivity contribution in [2.24, 2.45) is 5.92 Å². The molecule has 2 atom stereocenters. The van der Waals surface area contributed by atoms with Crippen LogP contribution in [0.4, 0.5) is 0 Å². The van der Waals surface area contributed by atoms with Crippen LogP contribution in [-0.4, -0.2) is 57.0 Å². The summed E-state index contributed by atoms with van der Waals surface area (Å²) in [5.41, 5.74) is 0. The van der Waals surface area contributed by atoms with Crippen molar-refractivity contribution < 1.29 is 8.42 Å². The molecule has 5 heteroatoms. The highest BCUT2D eigenvalue weighted by Crippen LogP contribution is 2.11. The SMILES string of the molecule is CC(C)CC(C)N(C)CCC1CS(=O)(=O)CCN1. The second kappa shape index (κ2) is 6.87. The van der Waals surface area contributed by atoms with E-state index in [0.717, 1.165) is 13.0 Å². The Balaban J connectivity index is 2.31. The van der Waals surface area contributed by atoms with E-state index >= 15 is 0 Å². The van der Waals surface area contributed by atoms with Crippen molar-refractivity contribution >= 4 is 9.84 Å². The fraction of sp³-hybridized carbons (Fsp3) is 1.00. The Morgan fingerprint density at radius 2 is 2.00 bits per heavy atom. The monoisotopic (exact) mass is 276 g/mol. The minimum absolute atomic E-state index is 0.137. The molecule has 0 radical (unpaired) electrons. The molecule has 1 aliphatic rings. The normalized spacial score (nSPS) is 25.6. The molecule has 0 saturated carbocycles. The summed E-state index contributed by atoms with van der Waals surface area (Å²) in [5, 5.41) is 3.30. The van der Waals surface area contributed by atoms with Crippen LogP contribution >= 0.6 is 0 Å². The maximum absolute atomic E-state index is 11.5. The van der Waals surface area contributed by atoms with Gasteiger partial charge in [0.25, 0.3) is 0 Å². The lowest BCUT2D eigenvalue weighted by Crippen LogP contribution is -2.46. The summed E-state index contributed by atoms with van der Waals surface area (Å²) in [6.07, 6.45) is 2.10. The molecule has 0 bridgehead atoms. The first kappa shape index (κ1) is 15.9. The van der Waals surface area contributed by atoms with Crippen LogP contribution in [-0.2, 0) is 9.84 Å². The van der Waals surface area contributed by atoms with Gasteiger partial charge in [-0.2, -0.15) is 0 Å². The summed E-state index contributed by atoms with van der Waals surface area (Å²) in [6, 6.07) is 0.697. The van der Waals surface area contributed by atoms with Gasteiger partial charge in [0.2, 0.25) is 0 Å². The maximum atomic E-state index is 11.5. The molecular formula is C13H28N2O2S. The molecule has 1 saturated heterocycles. The van der Waals surface area contributed by atoms with E-state index < -0.39 is 9.84 Å². The van der Waals surface area contributed by atoms with Crippen molar-refractivity contribution in [3.63, 3.8) is 0 Å². The molecule has 4 nitrogen and oxygen atoms in total. The number of hydrogen-bond acceptors (Lipinski definition) is 4. The lowest BCUT2D eigenvalue weighted by atomic mass is 10.0. The van der Waals surface area contributed by atoms with Crippen molar-refractivity contribution in [2.75, 3.05) is 31.6 Å². The van der Waals surface area contributed by atoms with Crippen molar-refractivity contribution in [3.8, 4) is 0 Å². The third-order valence-corrected chi connectivity index (χ3v) is 5.43. The Kier molecular flexibility index (Phi) is 6.08. The highest BCUT2D eigenvalue weighted by molar-refractivity contribution is 7.91. The van der Waals surface area contributed by atoms with Gasteiger partial charge in [-0.15, -0.1) is 0 Å². The predicted octanol–water partition coefficient (Wildman–Crippen LogP) is 1.13. The van der Waals surface area contributed by atoms with Gasteiger partial charge in [-0.05, 0) is 39.3 Å². The van der Waals surface area contributed by atoms with Crippen LogP contribution in [0.1, 0.15) is 33.6 Å². The number of nitrogens with one attached hydrogen (secondary N) is 1. The fourth-order valence-electron chi connectivity index (χ4n) is 2.49. The van der Waals surface area contributed by atoms with Crippen LogP contribution in [0.5, 0.6) is 0 Å². The lowest BCUT2D eigenvalue weighted by Gasteiger charge is -2.29. The minimum Gasteiger partial charge on any atom is -0.312 e. The first-order valence-corrected chi connectivity index (χ1v) is 8.76. The van der Waals surface area contributed by atoms with Crippen molar-refractivity contribution in [2.45, 2.75) is 45.7 Å². The zero-order valence-electron chi connectivity index (χ0n) is 12.1. The van der Waals surface area contributed by atoms with Gasteiger partial charge >= 0.3 is 0 Å². The van der Waals surface area contributed by atoms with Gasteiger partial charge < -0.3 is 10.2 Å².